The standard InChI is InChI=1S/C24H25N3O3/c1-3-30-22-12-8-7-11-21(22)26-23(28)17-25-19-15-13-18(14-16-19)24(29)27(2)20-9-5-4-6-10-20/h4-16,25H,3,17H2,1-2H3,(H,26,28). The first-order chi connectivity index (χ1) is 14.6. The zero-order valence-corrected chi connectivity index (χ0v) is 17.1. The van der Waals surface area contributed by atoms with E-state index in [0.717, 1.165) is 11.4 Å². The zero-order chi connectivity index (χ0) is 21.3. The second kappa shape index (κ2) is 10.1. The van der Waals surface area contributed by atoms with Crippen molar-refractivity contribution in [2.24, 2.45) is 0 Å². The second-order valence-electron chi connectivity index (χ2n) is 6.61. The Morgan fingerprint density at radius 2 is 1.57 bits per heavy atom. The molecule has 30 heavy (non-hydrogen) atoms. The molecule has 3 rings (SSSR count). The first kappa shape index (κ1) is 20.9. The number of rotatable bonds is 8. The van der Waals surface area contributed by atoms with E-state index in [1.54, 1.807) is 42.3 Å². The second-order valence-corrected chi connectivity index (χ2v) is 6.61. The first-order valence-corrected chi connectivity index (χ1v) is 9.77. The number of anilines is 3. The molecule has 0 aromatic heterocycles. The number of hydrogen-bond donors (Lipinski definition) is 2. The van der Waals surface area contributed by atoms with E-state index in [4.69, 9.17) is 4.74 Å². The molecule has 154 valence electrons. The number of amides is 2. The smallest absolute Gasteiger partial charge is 0.258 e. The van der Waals surface area contributed by atoms with E-state index in [1.165, 1.54) is 0 Å². The van der Waals surface area contributed by atoms with Crippen LogP contribution in [0.2, 0.25) is 0 Å². The molecule has 0 atom stereocenters. The average molecular weight is 403 g/mol. The van der Waals surface area contributed by atoms with Gasteiger partial charge < -0.3 is 20.3 Å². The highest BCUT2D eigenvalue weighted by atomic mass is 16.5. The number of carbonyl (C=O) groups excluding carboxylic acids is 2. The third kappa shape index (κ3) is 5.38. The lowest BCUT2D eigenvalue weighted by Gasteiger charge is -2.17. The normalized spacial score (nSPS) is 10.2. The Bertz CT molecular complexity index is 988. The summed E-state index contributed by atoms with van der Waals surface area (Å²) in [6.45, 7) is 2.51. The minimum atomic E-state index is -0.189. The monoisotopic (exact) mass is 403 g/mol. The molecule has 6 nitrogen and oxygen atoms in total. The van der Waals surface area contributed by atoms with Crippen molar-refractivity contribution < 1.29 is 14.3 Å². The van der Waals surface area contributed by atoms with Gasteiger partial charge in [0.15, 0.2) is 0 Å². The quantitative estimate of drug-likeness (QED) is 0.584. The van der Waals surface area contributed by atoms with Gasteiger partial charge in [-0.2, -0.15) is 0 Å². The molecule has 0 saturated carbocycles. The van der Waals surface area contributed by atoms with Gasteiger partial charge >= 0.3 is 0 Å². The lowest BCUT2D eigenvalue weighted by Crippen LogP contribution is -2.26. The van der Waals surface area contributed by atoms with Crippen molar-refractivity contribution in [3.8, 4) is 5.75 Å². The number of nitrogens with one attached hydrogen (secondary N) is 2. The largest absolute Gasteiger partial charge is 0.492 e. The number of ether oxygens (including phenoxy) is 1. The molecule has 3 aromatic carbocycles. The highest BCUT2D eigenvalue weighted by molar-refractivity contribution is 6.05. The van der Waals surface area contributed by atoms with E-state index in [0.29, 0.717) is 23.6 Å². The fourth-order valence-corrected chi connectivity index (χ4v) is 2.92. The zero-order valence-electron chi connectivity index (χ0n) is 17.1. The summed E-state index contributed by atoms with van der Waals surface area (Å²) >= 11 is 0. The molecule has 0 radical (unpaired) electrons. The van der Waals surface area contributed by atoms with Crippen LogP contribution in [0.15, 0.2) is 78.9 Å². The van der Waals surface area contributed by atoms with Gasteiger partial charge in [-0.25, -0.2) is 0 Å². The van der Waals surface area contributed by atoms with E-state index >= 15 is 0 Å². The molecule has 0 aliphatic heterocycles. The topological polar surface area (TPSA) is 70.7 Å². The summed E-state index contributed by atoms with van der Waals surface area (Å²) in [4.78, 5) is 26.5. The van der Waals surface area contributed by atoms with Crippen LogP contribution < -0.4 is 20.3 Å². The van der Waals surface area contributed by atoms with Crippen LogP contribution in [0.3, 0.4) is 0 Å². The Labute approximate surface area is 176 Å². The number of hydrogen-bond acceptors (Lipinski definition) is 4. The van der Waals surface area contributed by atoms with Crippen molar-refractivity contribution >= 4 is 28.9 Å². The maximum atomic E-state index is 12.6. The van der Waals surface area contributed by atoms with E-state index in [-0.39, 0.29) is 18.4 Å². The van der Waals surface area contributed by atoms with Gasteiger partial charge in [-0.1, -0.05) is 30.3 Å². The van der Waals surface area contributed by atoms with Crippen molar-refractivity contribution in [1.29, 1.82) is 0 Å². The Morgan fingerprint density at radius 1 is 0.900 bits per heavy atom. The minimum Gasteiger partial charge on any atom is -0.492 e. The lowest BCUT2D eigenvalue weighted by atomic mass is 10.1. The van der Waals surface area contributed by atoms with Crippen molar-refractivity contribution in [3.05, 3.63) is 84.4 Å². The van der Waals surface area contributed by atoms with Crippen LogP contribution in [0, 0.1) is 0 Å². The van der Waals surface area contributed by atoms with E-state index in [2.05, 4.69) is 10.6 Å². The number of para-hydroxylation sites is 3. The Balaban J connectivity index is 1.56. The van der Waals surface area contributed by atoms with Gasteiger partial charge in [-0.3, -0.25) is 9.59 Å². The number of nitrogens with zero attached hydrogens (tertiary/aromatic N) is 1. The molecular formula is C24H25N3O3. The summed E-state index contributed by atoms with van der Waals surface area (Å²) in [5, 5.41) is 5.91. The molecule has 0 unspecified atom stereocenters. The molecule has 0 bridgehead atoms. The fraction of sp³-hybridized carbons (Fsp3) is 0.167. The average Bonchev–Trinajstić information content (AvgIpc) is 2.79. The van der Waals surface area contributed by atoms with Gasteiger partial charge in [-0.15, -0.1) is 0 Å². The molecule has 0 spiro atoms. The molecule has 0 heterocycles. The van der Waals surface area contributed by atoms with Crippen LogP contribution >= 0.6 is 0 Å². The highest BCUT2D eigenvalue weighted by Crippen LogP contribution is 2.23. The van der Waals surface area contributed by atoms with Crippen LogP contribution in [-0.4, -0.2) is 32.0 Å². The third-order valence-electron chi connectivity index (χ3n) is 4.49. The summed E-state index contributed by atoms with van der Waals surface area (Å²) in [5.41, 5.74) is 2.79. The number of carbonyl (C=O) groups is 2. The molecule has 6 heteroatoms. The Hall–Kier alpha value is -3.80. The van der Waals surface area contributed by atoms with Crippen LogP contribution in [0.25, 0.3) is 0 Å². The summed E-state index contributed by atoms with van der Waals surface area (Å²) in [6, 6.07) is 23.8. The van der Waals surface area contributed by atoms with Crippen LogP contribution in [0.1, 0.15) is 17.3 Å². The molecule has 0 aliphatic carbocycles. The highest BCUT2D eigenvalue weighted by Gasteiger charge is 2.13. The summed E-state index contributed by atoms with van der Waals surface area (Å²) < 4.78 is 5.52. The SMILES string of the molecule is CCOc1ccccc1NC(=O)CNc1ccc(C(=O)N(C)c2ccccc2)cc1. The van der Waals surface area contributed by atoms with Crippen LogP contribution in [0.5, 0.6) is 5.75 Å². The van der Waals surface area contributed by atoms with Gasteiger partial charge in [0.1, 0.15) is 5.75 Å². The van der Waals surface area contributed by atoms with Gasteiger partial charge in [0, 0.05) is 24.0 Å². The molecule has 2 amide bonds. The molecule has 0 aliphatic rings. The lowest BCUT2D eigenvalue weighted by molar-refractivity contribution is -0.114. The van der Waals surface area contributed by atoms with Crippen LogP contribution in [0.4, 0.5) is 17.1 Å². The van der Waals surface area contributed by atoms with Crippen LogP contribution in [-0.2, 0) is 4.79 Å². The van der Waals surface area contributed by atoms with Gasteiger partial charge in [0.2, 0.25) is 5.91 Å². The van der Waals surface area contributed by atoms with Gasteiger partial charge in [0.25, 0.3) is 5.91 Å². The van der Waals surface area contributed by atoms with Crippen molar-refractivity contribution in [2.75, 3.05) is 35.7 Å². The van der Waals surface area contributed by atoms with E-state index < -0.39 is 0 Å². The summed E-state index contributed by atoms with van der Waals surface area (Å²) in [5.74, 6) is 0.350. The van der Waals surface area contributed by atoms with Crippen molar-refractivity contribution in [1.82, 2.24) is 0 Å². The van der Waals surface area contributed by atoms with Crippen molar-refractivity contribution in [3.63, 3.8) is 0 Å². The predicted octanol–water partition coefficient (Wildman–Crippen LogP) is 4.41. The van der Waals surface area contributed by atoms with Gasteiger partial charge in [0.05, 0.1) is 18.8 Å². The maximum absolute atomic E-state index is 12.6. The Kier molecular flexibility index (Phi) is 7.05. The summed E-state index contributed by atoms with van der Waals surface area (Å²) in [6.07, 6.45) is 0. The predicted molar refractivity (Wildman–Crippen MR) is 120 cm³/mol. The molecule has 0 fully saturated rings. The van der Waals surface area contributed by atoms with E-state index in [1.807, 2.05) is 55.5 Å². The third-order valence-corrected chi connectivity index (χ3v) is 4.49. The molecular weight excluding hydrogens is 378 g/mol. The fourth-order valence-electron chi connectivity index (χ4n) is 2.92. The van der Waals surface area contributed by atoms with Gasteiger partial charge in [-0.05, 0) is 55.5 Å². The van der Waals surface area contributed by atoms with Crippen molar-refractivity contribution in [2.45, 2.75) is 6.92 Å². The first-order valence-electron chi connectivity index (χ1n) is 9.77. The molecule has 0 saturated heterocycles. The molecule has 3 aromatic rings. The maximum Gasteiger partial charge on any atom is 0.258 e. The minimum absolute atomic E-state index is 0.0949. The summed E-state index contributed by atoms with van der Waals surface area (Å²) in [7, 11) is 1.74. The number of benzene rings is 3. The Morgan fingerprint density at radius 3 is 2.27 bits per heavy atom. The van der Waals surface area contributed by atoms with E-state index in [9.17, 15) is 9.59 Å². The molecule has 2 N–H and O–H groups in total.